The predicted molar refractivity (Wildman–Crippen MR) is 186 cm³/mol. The molecule has 222 valence electrons. The van der Waals surface area contributed by atoms with Gasteiger partial charge in [0.05, 0.1) is 19.7 Å². The zero-order chi connectivity index (χ0) is 30.9. The standard InChI is InChI=1S/C39H42N3OSi/c1-9-31-36-26(21-40-37-35-24(4)13-12-16-33(35)43-39(36)37)17-18-30-28-14-10-11-15-29(28)32-20-27(19-23(2)3)34(44(6,7)8)22-42(32)38(30)25(5)41-31/h9-16,20-23,30,38H,1,5,17-19H2,2-4,6-8H3/q+1. The number of aliphatic imine (C=N–C) groups is 1. The SMILES string of the molecule is C=CC1=NC(=C)C2C(CCc3cnc4c(oc5cccc(C)c54)c31)c1ccccc1-c1cc(CC(C)C)c([Si](C)(C)C)c[n+]12. The lowest BCUT2D eigenvalue weighted by molar-refractivity contribution is -0.708. The van der Waals surface area contributed by atoms with Crippen molar-refractivity contribution in [2.45, 2.75) is 71.6 Å². The molecule has 5 aromatic rings. The van der Waals surface area contributed by atoms with Gasteiger partial charge < -0.3 is 4.42 Å². The molecule has 5 heterocycles. The van der Waals surface area contributed by atoms with Gasteiger partial charge in [-0.3, -0.25) is 4.98 Å². The molecule has 0 amide bonds. The highest BCUT2D eigenvalue weighted by atomic mass is 28.3. The van der Waals surface area contributed by atoms with Crippen LogP contribution < -0.4 is 9.75 Å². The lowest BCUT2D eigenvalue weighted by Crippen LogP contribution is -2.54. The van der Waals surface area contributed by atoms with Crippen molar-refractivity contribution in [1.82, 2.24) is 4.98 Å². The van der Waals surface area contributed by atoms with E-state index in [1.54, 1.807) is 0 Å². The van der Waals surface area contributed by atoms with Crippen LogP contribution in [-0.4, -0.2) is 18.8 Å². The molecule has 0 saturated heterocycles. The van der Waals surface area contributed by atoms with Crippen molar-refractivity contribution in [3.63, 3.8) is 0 Å². The number of allylic oxidation sites excluding steroid dienone is 2. The Morgan fingerprint density at radius 1 is 1.11 bits per heavy atom. The summed E-state index contributed by atoms with van der Waals surface area (Å²) in [6.07, 6.45) is 9.27. The van der Waals surface area contributed by atoms with Crippen molar-refractivity contribution < 1.29 is 8.98 Å². The number of benzene rings is 2. The highest BCUT2D eigenvalue weighted by Gasteiger charge is 2.44. The third-order valence-electron chi connectivity index (χ3n) is 9.53. The molecule has 0 bridgehead atoms. The Morgan fingerprint density at radius 2 is 1.91 bits per heavy atom. The van der Waals surface area contributed by atoms with Crippen LogP contribution in [0.5, 0.6) is 0 Å². The average molecular weight is 597 g/mol. The number of rotatable bonds is 4. The van der Waals surface area contributed by atoms with Gasteiger partial charge in [0.2, 0.25) is 11.7 Å². The van der Waals surface area contributed by atoms with Gasteiger partial charge in [-0.15, -0.1) is 0 Å². The van der Waals surface area contributed by atoms with E-state index in [1.807, 2.05) is 24.4 Å². The fourth-order valence-corrected chi connectivity index (χ4v) is 9.28. The number of hydrogen-bond donors (Lipinski definition) is 0. The summed E-state index contributed by atoms with van der Waals surface area (Å²) in [4.78, 5) is 10.3. The first-order chi connectivity index (χ1) is 21.1. The van der Waals surface area contributed by atoms with Gasteiger partial charge in [-0.1, -0.05) is 77.0 Å². The smallest absolute Gasteiger partial charge is 0.213 e. The van der Waals surface area contributed by atoms with Crippen LogP contribution in [0.25, 0.3) is 33.3 Å². The molecule has 0 fully saturated rings. The quantitative estimate of drug-likeness (QED) is 0.154. The van der Waals surface area contributed by atoms with Crippen molar-refractivity contribution in [2.75, 3.05) is 0 Å². The van der Waals surface area contributed by atoms with Crippen LogP contribution in [0.4, 0.5) is 0 Å². The molecule has 3 aromatic heterocycles. The number of fused-ring (bicyclic) bond motifs is 11. The summed E-state index contributed by atoms with van der Waals surface area (Å²) < 4.78 is 9.06. The third-order valence-corrected chi connectivity index (χ3v) is 11.6. The van der Waals surface area contributed by atoms with Gasteiger partial charge in [-0.2, -0.15) is 4.57 Å². The Kier molecular flexibility index (Phi) is 6.85. The van der Waals surface area contributed by atoms with Crippen molar-refractivity contribution in [1.29, 1.82) is 0 Å². The first-order valence-electron chi connectivity index (χ1n) is 15.9. The minimum absolute atomic E-state index is 0.00581. The number of pyridine rings is 2. The zero-order valence-electron chi connectivity index (χ0n) is 26.9. The van der Waals surface area contributed by atoms with Crippen LogP contribution in [0, 0.1) is 12.8 Å². The summed E-state index contributed by atoms with van der Waals surface area (Å²) in [6.45, 7) is 23.1. The zero-order valence-corrected chi connectivity index (χ0v) is 27.9. The minimum Gasteiger partial charge on any atom is -0.454 e. The summed E-state index contributed by atoms with van der Waals surface area (Å²) in [7, 11) is -1.65. The van der Waals surface area contributed by atoms with Gasteiger partial charge in [0.25, 0.3) is 0 Å². The molecule has 0 spiro atoms. The van der Waals surface area contributed by atoms with E-state index in [0.717, 1.165) is 69.4 Å². The van der Waals surface area contributed by atoms with Crippen molar-refractivity contribution in [2.24, 2.45) is 10.9 Å². The maximum Gasteiger partial charge on any atom is 0.213 e. The topological polar surface area (TPSA) is 42.3 Å². The van der Waals surface area contributed by atoms with E-state index in [0.29, 0.717) is 5.92 Å². The molecule has 7 rings (SSSR count). The highest BCUT2D eigenvalue weighted by Crippen LogP contribution is 2.45. The van der Waals surface area contributed by atoms with Crippen molar-refractivity contribution in [3.8, 4) is 11.3 Å². The molecule has 0 N–H and O–H groups in total. The number of hydrogen-bond acceptors (Lipinski definition) is 3. The second kappa shape index (κ2) is 10.5. The molecule has 0 saturated carbocycles. The van der Waals surface area contributed by atoms with Crippen LogP contribution in [0.15, 0.2) is 95.3 Å². The normalized spacial score (nSPS) is 18.2. The second-order valence-electron chi connectivity index (χ2n) is 14.1. The average Bonchev–Trinajstić information content (AvgIpc) is 3.38. The van der Waals surface area contributed by atoms with Gasteiger partial charge in [0, 0.05) is 34.0 Å². The number of aryl methyl sites for hydroxylation is 2. The lowest BCUT2D eigenvalue weighted by atomic mass is 9.78. The first kappa shape index (κ1) is 28.7. The van der Waals surface area contributed by atoms with Gasteiger partial charge in [-0.05, 0) is 72.6 Å². The Labute approximate surface area is 261 Å². The molecule has 2 atom stereocenters. The molecule has 4 nitrogen and oxygen atoms in total. The Bertz CT molecular complexity index is 2020. The molecule has 0 aliphatic carbocycles. The molecule has 2 aromatic carbocycles. The van der Waals surface area contributed by atoms with E-state index < -0.39 is 8.07 Å². The Morgan fingerprint density at radius 3 is 2.66 bits per heavy atom. The second-order valence-corrected chi connectivity index (χ2v) is 19.1. The summed E-state index contributed by atoms with van der Waals surface area (Å²) in [5.41, 5.74) is 12.9. The van der Waals surface area contributed by atoms with Crippen LogP contribution in [-0.2, 0) is 12.8 Å². The van der Waals surface area contributed by atoms with Crippen LogP contribution in [0.3, 0.4) is 0 Å². The molecule has 2 unspecified atom stereocenters. The molecular weight excluding hydrogens is 555 g/mol. The summed E-state index contributed by atoms with van der Waals surface area (Å²) >= 11 is 0. The molecule has 0 radical (unpaired) electrons. The molecule has 5 heteroatoms. The van der Waals surface area contributed by atoms with Crippen molar-refractivity contribution >= 4 is 41.0 Å². The summed E-state index contributed by atoms with van der Waals surface area (Å²) in [5, 5.41) is 2.59. The van der Waals surface area contributed by atoms with Gasteiger partial charge >= 0.3 is 0 Å². The van der Waals surface area contributed by atoms with Crippen LogP contribution in [0.1, 0.15) is 60.0 Å². The van der Waals surface area contributed by atoms with E-state index in [-0.39, 0.29) is 12.0 Å². The predicted octanol–water partition coefficient (Wildman–Crippen LogP) is 8.76. The van der Waals surface area contributed by atoms with Gasteiger partial charge in [0.15, 0.2) is 11.8 Å². The van der Waals surface area contributed by atoms with E-state index in [1.165, 1.54) is 27.6 Å². The van der Waals surface area contributed by atoms with E-state index >= 15 is 0 Å². The molecule has 44 heavy (non-hydrogen) atoms. The number of aromatic nitrogens is 2. The Hall–Kier alpha value is -4.09. The fraction of sp³-hybridized carbons (Fsp3) is 0.308. The monoisotopic (exact) mass is 596 g/mol. The number of furan rings is 1. The van der Waals surface area contributed by atoms with Crippen molar-refractivity contribution in [3.05, 3.63) is 114 Å². The summed E-state index contributed by atoms with van der Waals surface area (Å²) in [5.74, 6) is 0.807. The lowest BCUT2D eigenvalue weighted by Gasteiger charge is -2.32. The first-order valence-corrected chi connectivity index (χ1v) is 19.4. The van der Waals surface area contributed by atoms with E-state index in [4.69, 9.17) is 21.0 Å². The molecule has 2 aliphatic rings. The van der Waals surface area contributed by atoms with Crippen LogP contribution >= 0.6 is 0 Å². The van der Waals surface area contributed by atoms with Gasteiger partial charge in [-0.25, -0.2) is 4.99 Å². The maximum absolute atomic E-state index is 6.54. The highest BCUT2D eigenvalue weighted by molar-refractivity contribution is 6.89. The largest absolute Gasteiger partial charge is 0.454 e. The minimum atomic E-state index is -1.65. The fourth-order valence-electron chi connectivity index (χ4n) is 7.62. The Balaban J connectivity index is 1.48. The van der Waals surface area contributed by atoms with Gasteiger partial charge in [0.1, 0.15) is 16.8 Å². The maximum atomic E-state index is 6.54. The van der Waals surface area contributed by atoms with E-state index in [2.05, 4.69) is 94.2 Å². The number of nitrogens with zero attached hydrogens (tertiary/aromatic N) is 3. The van der Waals surface area contributed by atoms with Crippen LogP contribution in [0.2, 0.25) is 19.6 Å². The summed E-state index contributed by atoms with van der Waals surface area (Å²) in [6, 6.07) is 17.6. The molecular formula is C39H42N3OSi+. The van der Waals surface area contributed by atoms with E-state index in [9.17, 15) is 0 Å². The molecule has 2 aliphatic heterocycles. The third kappa shape index (κ3) is 4.52.